The summed E-state index contributed by atoms with van der Waals surface area (Å²) in [5.74, 6) is 0. The van der Waals surface area contributed by atoms with E-state index in [4.69, 9.17) is 10.5 Å². The highest BCUT2D eigenvalue weighted by molar-refractivity contribution is 5.68. The van der Waals surface area contributed by atoms with Crippen molar-refractivity contribution in [2.45, 2.75) is 31.3 Å². The molecule has 3 N–H and O–H groups in total. The van der Waals surface area contributed by atoms with E-state index in [9.17, 15) is 4.79 Å². The minimum Gasteiger partial charge on any atom is -0.438 e. The van der Waals surface area contributed by atoms with Gasteiger partial charge in [-0.25, -0.2) is 4.79 Å². The third-order valence-corrected chi connectivity index (χ3v) is 3.67. The molecule has 0 saturated heterocycles. The Kier molecular flexibility index (Phi) is 5.18. The minimum absolute atomic E-state index is 0.363. The number of carbonyl (C=O) groups is 1. The van der Waals surface area contributed by atoms with E-state index in [-0.39, 0.29) is 6.09 Å². The van der Waals surface area contributed by atoms with Crippen molar-refractivity contribution in [3.63, 3.8) is 0 Å². The van der Waals surface area contributed by atoms with Gasteiger partial charge in [-0.3, -0.25) is 0 Å². The molecule has 0 bridgehead atoms. The fourth-order valence-corrected chi connectivity index (χ4v) is 2.67. The molecule has 1 aromatic rings. The molecule has 1 amide bonds. The number of nitrogens with two attached hydrogens (primary N) is 1. The van der Waals surface area contributed by atoms with Gasteiger partial charge in [0.1, 0.15) is 5.60 Å². The molecule has 0 heterocycles. The first-order valence-corrected chi connectivity index (χ1v) is 7.14. The van der Waals surface area contributed by atoms with E-state index in [1.807, 2.05) is 42.5 Å². The van der Waals surface area contributed by atoms with Crippen molar-refractivity contribution in [2.75, 3.05) is 13.1 Å². The Balaban J connectivity index is 1.99. The maximum atomic E-state index is 11.9. The lowest BCUT2D eigenvalue weighted by Crippen LogP contribution is -2.35. The molecule has 4 heteroatoms. The second-order valence-electron chi connectivity index (χ2n) is 5.04. The first-order chi connectivity index (χ1) is 9.77. The van der Waals surface area contributed by atoms with Gasteiger partial charge in [-0.15, -0.1) is 0 Å². The number of benzene rings is 1. The number of ether oxygens (including phenoxy) is 1. The molecule has 0 spiro atoms. The van der Waals surface area contributed by atoms with Gasteiger partial charge >= 0.3 is 6.09 Å². The van der Waals surface area contributed by atoms with Crippen LogP contribution in [0, 0.1) is 0 Å². The first kappa shape index (κ1) is 14.6. The van der Waals surface area contributed by atoms with Crippen LogP contribution in [0.25, 0.3) is 0 Å². The maximum absolute atomic E-state index is 11.9. The van der Waals surface area contributed by atoms with E-state index in [1.54, 1.807) is 0 Å². The number of rotatable bonds is 5. The van der Waals surface area contributed by atoms with Crippen LogP contribution in [0.1, 0.15) is 31.2 Å². The Morgan fingerprint density at radius 3 is 2.60 bits per heavy atom. The normalized spacial score (nSPS) is 17.2. The molecule has 1 saturated carbocycles. The number of carbonyl (C=O) groups excluding carboxylic acids is 1. The van der Waals surface area contributed by atoms with Crippen molar-refractivity contribution in [3.8, 4) is 0 Å². The van der Waals surface area contributed by atoms with Crippen molar-refractivity contribution in [2.24, 2.45) is 5.73 Å². The zero-order chi connectivity index (χ0) is 14.3. The summed E-state index contributed by atoms with van der Waals surface area (Å²) < 4.78 is 5.75. The molecule has 20 heavy (non-hydrogen) atoms. The smallest absolute Gasteiger partial charge is 0.408 e. The Hall–Kier alpha value is -1.81. The number of hydrogen-bond donors (Lipinski definition) is 2. The van der Waals surface area contributed by atoms with Gasteiger partial charge in [0, 0.05) is 13.1 Å². The lowest BCUT2D eigenvalue weighted by atomic mass is 9.92. The standard InChI is InChI=1S/C16H22N2O2/c17-12-6-7-13-18-15(19)20-16(10-4-5-11-16)14-8-2-1-3-9-14/h1-3,6-9H,4-5,10-13,17H2,(H,18,19)/b7-6+. The van der Waals surface area contributed by atoms with Gasteiger partial charge in [0.05, 0.1) is 0 Å². The molecule has 2 rings (SSSR count). The van der Waals surface area contributed by atoms with E-state index in [2.05, 4.69) is 5.32 Å². The summed E-state index contributed by atoms with van der Waals surface area (Å²) in [6.45, 7) is 0.922. The lowest BCUT2D eigenvalue weighted by molar-refractivity contribution is 0.0130. The molecule has 1 aliphatic carbocycles. The highest BCUT2D eigenvalue weighted by Gasteiger charge is 2.39. The third-order valence-electron chi connectivity index (χ3n) is 3.67. The van der Waals surface area contributed by atoms with Gasteiger partial charge in [-0.1, -0.05) is 42.5 Å². The highest BCUT2D eigenvalue weighted by Crippen LogP contribution is 2.42. The number of alkyl carbamates (subject to hydrolysis) is 1. The predicted molar refractivity (Wildman–Crippen MR) is 79.3 cm³/mol. The molecule has 108 valence electrons. The van der Waals surface area contributed by atoms with Crippen molar-refractivity contribution >= 4 is 6.09 Å². The second kappa shape index (κ2) is 7.10. The van der Waals surface area contributed by atoms with Crippen LogP contribution in [-0.4, -0.2) is 19.2 Å². The summed E-state index contributed by atoms with van der Waals surface area (Å²) in [4.78, 5) is 11.9. The zero-order valence-electron chi connectivity index (χ0n) is 11.7. The van der Waals surface area contributed by atoms with Crippen molar-refractivity contribution < 1.29 is 9.53 Å². The van der Waals surface area contributed by atoms with Crippen molar-refractivity contribution in [1.82, 2.24) is 5.32 Å². The molecular weight excluding hydrogens is 252 g/mol. The van der Waals surface area contributed by atoms with Crippen molar-refractivity contribution in [3.05, 3.63) is 48.0 Å². The summed E-state index contributed by atoms with van der Waals surface area (Å²) >= 11 is 0. The van der Waals surface area contributed by atoms with Crippen LogP contribution in [0.4, 0.5) is 4.79 Å². The molecule has 0 atom stereocenters. The van der Waals surface area contributed by atoms with E-state index in [0.717, 1.165) is 31.2 Å². The molecule has 4 nitrogen and oxygen atoms in total. The molecule has 0 unspecified atom stereocenters. The van der Waals surface area contributed by atoms with Crippen molar-refractivity contribution in [1.29, 1.82) is 0 Å². The number of hydrogen-bond acceptors (Lipinski definition) is 3. The average molecular weight is 274 g/mol. The van der Waals surface area contributed by atoms with Gasteiger partial charge in [0.15, 0.2) is 0 Å². The summed E-state index contributed by atoms with van der Waals surface area (Å²) in [5.41, 5.74) is 5.98. The molecule has 1 fully saturated rings. The Morgan fingerprint density at radius 1 is 1.25 bits per heavy atom. The topological polar surface area (TPSA) is 64.3 Å². The fourth-order valence-electron chi connectivity index (χ4n) is 2.67. The molecule has 1 aliphatic rings. The number of nitrogens with one attached hydrogen (secondary N) is 1. The number of amides is 1. The summed E-state index contributed by atoms with van der Waals surface area (Å²) in [6, 6.07) is 10.0. The molecule has 1 aromatic carbocycles. The third kappa shape index (κ3) is 3.61. The van der Waals surface area contributed by atoms with Gasteiger partial charge < -0.3 is 15.8 Å². The Bertz CT molecular complexity index is 451. The van der Waals surface area contributed by atoms with E-state index in [1.165, 1.54) is 0 Å². The second-order valence-corrected chi connectivity index (χ2v) is 5.04. The van der Waals surface area contributed by atoms with Crippen LogP contribution in [0.3, 0.4) is 0 Å². The summed E-state index contributed by atoms with van der Waals surface area (Å²) in [6.07, 6.45) is 7.24. The van der Waals surface area contributed by atoms with Gasteiger partial charge in [0.25, 0.3) is 0 Å². The lowest BCUT2D eigenvalue weighted by Gasteiger charge is -2.29. The van der Waals surface area contributed by atoms with Gasteiger partial charge in [0.2, 0.25) is 0 Å². The van der Waals surface area contributed by atoms with Crippen LogP contribution >= 0.6 is 0 Å². The molecule has 0 radical (unpaired) electrons. The largest absolute Gasteiger partial charge is 0.438 e. The van der Waals surface area contributed by atoms with Gasteiger partial charge in [-0.2, -0.15) is 0 Å². The molecular formula is C16H22N2O2. The van der Waals surface area contributed by atoms with Crippen LogP contribution < -0.4 is 11.1 Å². The molecule has 0 aromatic heterocycles. The van der Waals surface area contributed by atoms with Gasteiger partial charge in [-0.05, 0) is 31.2 Å². The maximum Gasteiger partial charge on any atom is 0.408 e. The predicted octanol–water partition coefficient (Wildman–Crippen LogP) is 2.70. The summed E-state index contributed by atoms with van der Waals surface area (Å²) in [7, 11) is 0. The van der Waals surface area contributed by atoms with E-state index < -0.39 is 5.60 Å². The Labute approximate surface area is 120 Å². The van der Waals surface area contributed by atoms with E-state index in [0.29, 0.717) is 13.1 Å². The fraction of sp³-hybridized carbons (Fsp3) is 0.438. The quantitative estimate of drug-likeness (QED) is 0.811. The zero-order valence-corrected chi connectivity index (χ0v) is 11.7. The molecule has 0 aliphatic heterocycles. The van der Waals surface area contributed by atoms with Crippen LogP contribution in [0.5, 0.6) is 0 Å². The SMILES string of the molecule is NC/C=C/CNC(=O)OC1(c2ccccc2)CCCC1. The highest BCUT2D eigenvalue weighted by atomic mass is 16.6. The van der Waals surface area contributed by atoms with E-state index >= 15 is 0 Å². The Morgan fingerprint density at radius 2 is 1.95 bits per heavy atom. The summed E-state index contributed by atoms with van der Waals surface area (Å²) in [5, 5.41) is 2.74. The monoisotopic (exact) mass is 274 g/mol. The van der Waals surface area contributed by atoms with Crippen LogP contribution in [0.2, 0.25) is 0 Å². The average Bonchev–Trinajstić information content (AvgIpc) is 2.94. The van der Waals surface area contributed by atoms with Crippen LogP contribution in [0.15, 0.2) is 42.5 Å². The minimum atomic E-state index is -0.455. The van der Waals surface area contributed by atoms with Crippen LogP contribution in [-0.2, 0) is 10.3 Å². The first-order valence-electron chi connectivity index (χ1n) is 7.14.